The molecule has 0 unspecified atom stereocenters. The van der Waals surface area contributed by atoms with E-state index in [4.69, 9.17) is 0 Å². The SMILES string of the molecule is CCc1c([N+](=O)[O-])cc([N+](=O)[O-])c(CC)c1CC. The van der Waals surface area contributed by atoms with Crippen LogP contribution < -0.4 is 0 Å². The molecule has 0 N–H and O–H groups in total. The highest BCUT2D eigenvalue weighted by Crippen LogP contribution is 2.34. The minimum Gasteiger partial charge on any atom is -0.258 e. The molecule has 18 heavy (non-hydrogen) atoms. The fraction of sp³-hybridized carbons (Fsp3) is 0.500. The second-order valence-corrected chi connectivity index (χ2v) is 3.93. The van der Waals surface area contributed by atoms with Gasteiger partial charge in [0.25, 0.3) is 11.4 Å². The summed E-state index contributed by atoms with van der Waals surface area (Å²) in [4.78, 5) is 20.9. The van der Waals surface area contributed by atoms with Crippen LogP contribution in [0.25, 0.3) is 0 Å². The smallest absolute Gasteiger partial charge is 0.258 e. The third kappa shape index (κ3) is 2.32. The number of nitrogens with zero attached hydrogens (tertiary/aromatic N) is 2. The molecule has 0 amide bonds. The Morgan fingerprint density at radius 2 is 1.17 bits per heavy atom. The van der Waals surface area contributed by atoms with Gasteiger partial charge < -0.3 is 0 Å². The highest BCUT2D eigenvalue weighted by molar-refractivity contribution is 5.59. The molecule has 0 bridgehead atoms. The van der Waals surface area contributed by atoms with E-state index in [0.29, 0.717) is 30.4 Å². The molecule has 98 valence electrons. The lowest BCUT2D eigenvalue weighted by molar-refractivity contribution is -0.395. The van der Waals surface area contributed by atoms with Gasteiger partial charge >= 0.3 is 0 Å². The van der Waals surface area contributed by atoms with Crippen LogP contribution >= 0.6 is 0 Å². The van der Waals surface area contributed by atoms with Gasteiger partial charge in [0, 0.05) is 11.1 Å². The van der Waals surface area contributed by atoms with Gasteiger partial charge in [-0.25, -0.2) is 0 Å². The maximum atomic E-state index is 11.0. The average molecular weight is 252 g/mol. The molecule has 0 saturated heterocycles. The molecule has 1 aromatic carbocycles. The molecule has 0 aliphatic rings. The monoisotopic (exact) mass is 252 g/mol. The van der Waals surface area contributed by atoms with Crippen molar-refractivity contribution in [1.29, 1.82) is 0 Å². The lowest BCUT2D eigenvalue weighted by atomic mass is 9.92. The lowest BCUT2D eigenvalue weighted by Crippen LogP contribution is -2.06. The predicted molar refractivity (Wildman–Crippen MR) is 67.9 cm³/mol. The van der Waals surface area contributed by atoms with Crippen LogP contribution in [0.1, 0.15) is 37.5 Å². The molecule has 6 nitrogen and oxygen atoms in total. The van der Waals surface area contributed by atoms with Gasteiger partial charge in [-0.3, -0.25) is 20.2 Å². The molecule has 0 saturated carbocycles. The number of rotatable bonds is 5. The summed E-state index contributed by atoms with van der Waals surface area (Å²) >= 11 is 0. The van der Waals surface area contributed by atoms with E-state index in [1.54, 1.807) is 0 Å². The molecule has 0 fully saturated rings. The Bertz CT molecular complexity index is 457. The molecule has 0 aliphatic carbocycles. The zero-order chi connectivity index (χ0) is 13.9. The molecule has 0 radical (unpaired) electrons. The molecule has 0 heterocycles. The Morgan fingerprint density at radius 3 is 1.39 bits per heavy atom. The third-order valence-corrected chi connectivity index (χ3v) is 3.07. The molecule has 6 heteroatoms. The van der Waals surface area contributed by atoms with E-state index in [1.165, 1.54) is 0 Å². The van der Waals surface area contributed by atoms with E-state index in [9.17, 15) is 20.2 Å². The molecular weight excluding hydrogens is 236 g/mol. The summed E-state index contributed by atoms with van der Waals surface area (Å²) in [5.41, 5.74) is 1.70. The summed E-state index contributed by atoms with van der Waals surface area (Å²) in [6, 6.07) is 1.09. The minimum atomic E-state index is -0.537. The first-order chi connectivity index (χ1) is 8.47. The third-order valence-electron chi connectivity index (χ3n) is 3.07. The van der Waals surface area contributed by atoms with Crippen molar-refractivity contribution in [3.8, 4) is 0 Å². The van der Waals surface area contributed by atoms with Crippen LogP contribution in [-0.4, -0.2) is 9.85 Å². The van der Waals surface area contributed by atoms with E-state index in [1.807, 2.05) is 20.8 Å². The van der Waals surface area contributed by atoms with Gasteiger partial charge in [0.2, 0.25) is 0 Å². The van der Waals surface area contributed by atoms with Crippen molar-refractivity contribution in [3.05, 3.63) is 43.0 Å². The first kappa shape index (κ1) is 14.1. The summed E-state index contributed by atoms with van der Waals surface area (Å²) < 4.78 is 0. The fourth-order valence-electron chi connectivity index (χ4n) is 2.34. The van der Waals surface area contributed by atoms with Gasteiger partial charge in [-0.1, -0.05) is 20.8 Å². The lowest BCUT2D eigenvalue weighted by Gasteiger charge is -2.12. The summed E-state index contributed by atoms with van der Waals surface area (Å²) in [5, 5.41) is 22.0. The van der Waals surface area contributed by atoms with Crippen LogP contribution in [0.4, 0.5) is 11.4 Å². The van der Waals surface area contributed by atoms with Crippen molar-refractivity contribution in [3.63, 3.8) is 0 Å². The topological polar surface area (TPSA) is 86.3 Å². The Labute approximate surface area is 105 Å². The van der Waals surface area contributed by atoms with Crippen LogP contribution in [0.3, 0.4) is 0 Å². The quantitative estimate of drug-likeness (QED) is 0.594. The van der Waals surface area contributed by atoms with Crippen LogP contribution in [0, 0.1) is 20.2 Å². The molecule has 0 spiro atoms. The standard InChI is InChI=1S/C12H16N2O4/c1-4-8-9(5-2)11(13(15)16)7-12(14(17)18)10(8)6-3/h7H,4-6H2,1-3H3. The maximum absolute atomic E-state index is 11.0. The Kier molecular flexibility index (Phi) is 4.36. The predicted octanol–water partition coefficient (Wildman–Crippen LogP) is 3.19. The molecule has 0 aliphatic heterocycles. The molecular formula is C12H16N2O4. The van der Waals surface area contributed by atoms with E-state index >= 15 is 0 Å². The maximum Gasteiger partial charge on any atom is 0.279 e. The van der Waals surface area contributed by atoms with Gasteiger partial charge in [-0.05, 0) is 24.8 Å². The van der Waals surface area contributed by atoms with Gasteiger partial charge in [0.15, 0.2) is 0 Å². The summed E-state index contributed by atoms with van der Waals surface area (Å²) in [6.07, 6.45) is 1.57. The molecule has 1 aromatic rings. The molecule has 0 aromatic heterocycles. The van der Waals surface area contributed by atoms with Crippen molar-refractivity contribution in [2.45, 2.75) is 40.0 Å². The van der Waals surface area contributed by atoms with Crippen LogP contribution in [0.15, 0.2) is 6.07 Å². The second-order valence-electron chi connectivity index (χ2n) is 3.93. The first-order valence-corrected chi connectivity index (χ1v) is 5.94. The molecule has 0 atom stereocenters. The van der Waals surface area contributed by atoms with Crippen molar-refractivity contribution in [2.24, 2.45) is 0 Å². The zero-order valence-electron chi connectivity index (χ0n) is 10.7. The van der Waals surface area contributed by atoms with Crippen molar-refractivity contribution in [2.75, 3.05) is 0 Å². The number of nitro benzene ring substituents is 2. The second kappa shape index (κ2) is 5.57. The number of benzene rings is 1. The normalized spacial score (nSPS) is 10.4. The number of hydrogen-bond acceptors (Lipinski definition) is 4. The van der Waals surface area contributed by atoms with Crippen LogP contribution in [0.2, 0.25) is 0 Å². The van der Waals surface area contributed by atoms with Gasteiger partial charge in [0.1, 0.15) is 0 Å². The first-order valence-electron chi connectivity index (χ1n) is 5.94. The zero-order valence-corrected chi connectivity index (χ0v) is 10.7. The van der Waals surface area contributed by atoms with E-state index in [-0.39, 0.29) is 11.4 Å². The Balaban J connectivity index is 3.72. The number of nitro groups is 2. The Hall–Kier alpha value is -1.98. The van der Waals surface area contributed by atoms with Crippen LogP contribution in [0.5, 0.6) is 0 Å². The van der Waals surface area contributed by atoms with Gasteiger partial charge in [-0.15, -0.1) is 0 Å². The van der Waals surface area contributed by atoms with Crippen LogP contribution in [-0.2, 0) is 19.3 Å². The number of hydrogen-bond donors (Lipinski definition) is 0. The average Bonchev–Trinajstić information content (AvgIpc) is 2.35. The highest BCUT2D eigenvalue weighted by atomic mass is 16.6. The van der Waals surface area contributed by atoms with E-state index in [0.717, 1.165) is 11.6 Å². The minimum absolute atomic E-state index is 0.141. The summed E-state index contributed by atoms with van der Waals surface area (Å²) in [5.74, 6) is 0. The highest BCUT2D eigenvalue weighted by Gasteiger charge is 2.26. The fourth-order valence-corrected chi connectivity index (χ4v) is 2.34. The summed E-state index contributed by atoms with van der Waals surface area (Å²) in [7, 11) is 0. The summed E-state index contributed by atoms with van der Waals surface area (Å²) in [6.45, 7) is 5.51. The Morgan fingerprint density at radius 1 is 0.833 bits per heavy atom. The molecule has 1 rings (SSSR count). The van der Waals surface area contributed by atoms with Crippen molar-refractivity contribution < 1.29 is 9.85 Å². The van der Waals surface area contributed by atoms with Gasteiger partial charge in [-0.2, -0.15) is 0 Å². The van der Waals surface area contributed by atoms with Gasteiger partial charge in [0.05, 0.1) is 15.9 Å². The van der Waals surface area contributed by atoms with E-state index in [2.05, 4.69) is 0 Å². The van der Waals surface area contributed by atoms with E-state index < -0.39 is 9.85 Å². The van der Waals surface area contributed by atoms with Crippen molar-refractivity contribution >= 4 is 11.4 Å². The van der Waals surface area contributed by atoms with Crippen molar-refractivity contribution in [1.82, 2.24) is 0 Å². The largest absolute Gasteiger partial charge is 0.279 e.